The Hall–Kier alpha value is -1.47. The normalized spacial score (nSPS) is 25.5. The van der Waals surface area contributed by atoms with Crippen molar-refractivity contribution in [2.75, 3.05) is 20.1 Å². The van der Waals surface area contributed by atoms with Gasteiger partial charge in [0.25, 0.3) is 0 Å². The standard InChI is InChI=1S/C17H30N6O/c1-3-23-15(20-21-17(23)13-9-14(18)10-13)11-22-6-4-12(5-7-22)8-16(24)19-2/h12-14H,3-11,18H2,1-2H3,(H,19,24). The Labute approximate surface area is 144 Å². The molecular weight excluding hydrogens is 304 g/mol. The zero-order valence-corrected chi connectivity index (χ0v) is 14.9. The minimum atomic E-state index is 0.155. The number of nitrogens with two attached hydrogens (primary N) is 1. The van der Waals surface area contributed by atoms with Crippen LogP contribution in [-0.4, -0.2) is 51.8 Å². The van der Waals surface area contributed by atoms with Crippen molar-refractivity contribution in [3.05, 3.63) is 11.6 Å². The molecule has 0 aromatic carbocycles. The number of nitrogens with one attached hydrogen (secondary N) is 1. The van der Waals surface area contributed by atoms with Crippen LogP contribution >= 0.6 is 0 Å². The van der Waals surface area contributed by atoms with Crippen molar-refractivity contribution in [3.63, 3.8) is 0 Å². The third kappa shape index (κ3) is 3.78. The van der Waals surface area contributed by atoms with Gasteiger partial charge in [0.15, 0.2) is 0 Å². The van der Waals surface area contributed by atoms with Gasteiger partial charge in [-0.25, -0.2) is 0 Å². The van der Waals surface area contributed by atoms with Crippen LogP contribution in [0.4, 0.5) is 0 Å². The fourth-order valence-electron chi connectivity index (χ4n) is 3.90. The van der Waals surface area contributed by atoms with E-state index in [0.717, 1.165) is 63.5 Å². The van der Waals surface area contributed by atoms with Crippen molar-refractivity contribution in [1.82, 2.24) is 25.0 Å². The van der Waals surface area contributed by atoms with Crippen molar-refractivity contribution in [1.29, 1.82) is 0 Å². The number of hydrogen-bond donors (Lipinski definition) is 2. The van der Waals surface area contributed by atoms with Crippen LogP contribution in [0.2, 0.25) is 0 Å². The number of hydrogen-bond acceptors (Lipinski definition) is 5. The van der Waals surface area contributed by atoms with Crippen LogP contribution < -0.4 is 11.1 Å². The molecule has 1 saturated carbocycles. The summed E-state index contributed by atoms with van der Waals surface area (Å²) in [5.41, 5.74) is 5.92. The Morgan fingerprint density at radius 3 is 2.58 bits per heavy atom. The summed E-state index contributed by atoms with van der Waals surface area (Å²) in [6.45, 7) is 5.98. The van der Waals surface area contributed by atoms with E-state index in [1.54, 1.807) is 7.05 Å². The van der Waals surface area contributed by atoms with E-state index in [0.29, 0.717) is 24.3 Å². The molecule has 2 fully saturated rings. The number of aromatic nitrogens is 3. The van der Waals surface area contributed by atoms with Gasteiger partial charge >= 0.3 is 0 Å². The second-order valence-corrected chi connectivity index (χ2v) is 7.24. The van der Waals surface area contributed by atoms with E-state index in [2.05, 4.69) is 31.9 Å². The molecule has 3 rings (SSSR count). The van der Waals surface area contributed by atoms with E-state index in [4.69, 9.17) is 5.73 Å². The Kier molecular flexibility index (Phi) is 5.50. The number of amides is 1. The molecule has 1 amide bonds. The Bertz CT molecular complexity index is 557. The summed E-state index contributed by atoms with van der Waals surface area (Å²) in [6, 6.07) is 0.333. The van der Waals surface area contributed by atoms with Crippen LogP contribution in [0.1, 0.15) is 56.6 Å². The number of piperidine rings is 1. The molecule has 0 atom stereocenters. The molecule has 2 aliphatic rings. The van der Waals surface area contributed by atoms with Gasteiger partial charge in [0.1, 0.15) is 11.6 Å². The van der Waals surface area contributed by atoms with Crippen LogP contribution in [0.25, 0.3) is 0 Å². The maximum atomic E-state index is 11.5. The Morgan fingerprint density at radius 1 is 1.29 bits per heavy atom. The molecule has 1 aromatic heterocycles. The minimum absolute atomic E-state index is 0.155. The smallest absolute Gasteiger partial charge is 0.220 e. The highest BCUT2D eigenvalue weighted by atomic mass is 16.1. The van der Waals surface area contributed by atoms with Gasteiger partial charge in [0.05, 0.1) is 6.54 Å². The van der Waals surface area contributed by atoms with Gasteiger partial charge in [-0.05, 0) is 51.6 Å². The molecule has 1 aliphatic carbocycles. The molecule has 7 heteroatoms. The van der Waals surface area contributed by atoms with Crippen molar-refractivity contribution < 1.29 is 4.79 Å². The third-order valence-corrected chi connectivity index (χ3v) is 5.54. The Morgan fingerprint density at radius 2 is 2.00 bits per heavy atom. The van der Waals surface area contributed by atoms with Gasteiger partial charge in [0.2, 0.25) is 5.91 Å². The highest BCUT2D eigenvalue weighted by Gasteiger charge is 2.32. The SMILES string of the molecule is CCn1c(CN2CCC(CC(=O)NC)CC2)nnc1C1CC(N)C1. The summed E-state index contributed by atoms with van der Waals surface area (Å²) >= 11 is 0. The molecule has 134 valence electrons. The first-order chi connectivity index (χ1) is 11.6. The molecule has 24 heavy (non-hydrogen) atoms. The van der Waals surface area contributed by atoms with Gasteiger partial charge in [0, 0.05) is 32.0 Å². The molecule has 7 nitrogen and oxygen atoms in total. The summed E-state index contributed by atoms with van der Waals surface area (Å²) in [5.74, 6) is 3.33. The third-order valence-electron chi connectivity index (χ3n) is 5.54. The molecule has 1 aliphatic heterocycles. The largest absolute Gasteiger partial charge is 0.359 e. The lowest BCUT2D eigenvalue weighted by molar-refractivity contribution is -0.121. The maximum Gasteiger partial charge on any atom is 0.220 e. The number of likely N-dealkylation sites (tertiary alicyclic amines) is 1. The first kappa shape index (κ1) is 17.4. The number of nitrogens with zero attached hydrogens (tertiary/aromatic N) is 4. The highest BCUT2D eigenvalue weighted by molar-refractivity contribution is 5.75. The van der Waals surface area contributed by atoms with E-state index in [-0.39, 0.29) is 5.91 Å². The average molecular weight is 334 g/mol. The predicted molar refractivity (Wildman–Crippen MR) is 92.3 cm³/mol. The highest BCUT2D eigenvalue weighted by Crippen LogP contribution is 2.35. The average Bonchev–Trinajstić information content (AvgIpc) is 2.95. The van der Waals surface area contributed by atoms with E-state index >= 15 is 0 Å². The fourth-order valence-corrected chi connectivity index (χ4v) is 3.90. The lowest BCUT2D eigenvalue weighted by atomic mass is 9.80. The molecule has 0 bridgehead atoms. The minimum Gasteiger partial charge on any atom is -0.359 e. The van der Waals surface area contributed by atoms with Crippen LogP contribution in [-0.2, 0) is 17.9 Å². The zero-order valence-electron chi connectivity index (χ0n) is 14.9. The lowest BCUT2D eigenvalue weighted by Crippen LogP contribution is -2.37. The topological polar surface area (TPSA) is 89.1 Å². The molecule has 3 N–H and O–H groups in total. The van der Waals surface area contributed by atoms with E-state index in [1.807, 2.05) is 0 Å². The summed E-state index contributed by atoms with van der Waals surface area (Å²) in [4.78, 5) is 13.9. The summed E-state index contributed by atoms with van der Waals surface area (Å²) in [5, 5.41) is 11.6. The van der Waals surface area contributed by atoms with E-state index in [9.17, 15) is 4.79 Å². The van der Waals surface area contributed by atoms with Crippen LogP contribution in [0.5, 0.6) is 0 Å². The predicted octanol–water partition coefficient (Wildman–Crippen LogP) is 0.851. The van der Waals surface area contributed by atoms with Gasteiger partial charge in [-0.15, -0.1) is 10.2 Å². The Balaban J connectivity index is 1.54. The number of carbonyl (C=O) groups excluding carboxylic acids is 1. The van der Waals surface area contributed by atoms with Crippen molar-refractivity contribution in [2.24, 2.45) is 11.7 Å². The van der Waals surface area contributed by atoms with Crippen LogP contribution in [0.3, 0.4) is 0 Å². The van der Waals surface area contributed by atoms with Gasteiger partial charge in [-0.3, -0.25) is 9.69 Å². The molecule has 0 spiro atoms. The molecule has 0 radical (unpaired) electrons. The molecule has 1 aromatic rings. The van der Waals surface area contributed by atoms with Gasteiger partial charge in [-0.2, -0.15) is 0 Å². The van der Waals surface area contributed by atoms with E-state index in [1.165, 1.54) is 0 Å². The van der Waals surface area contributed by atoms with Crippen molar-refractivity contribution in [3.8, 4) is 0 Å². The number of carbonyl (C=O) groups is 1. The lowest BCUT2D eigenvalue weighted by Gasteiger charge is -2.33. The van der Waals surface area contributed by atoms with E-state index < -0.39 is 0 Å². The van der Waals surface area contributed by atoms with Crippen molar-refractivity contribution in [2.45, 2.75) is 64.1 Å². The van der Waals surface area contributed by atoms with Gasteiger partial charge in [-0.1, -0.05) is 0 Å². The first-order valence-electron chi connectivity index (χ1n) is 9.21. The summed E-state index contributed by atoms with van der Waals surface area (Å²) in [6.07, 6.45) is 4.88. The summed E-state index contributed by atoms with van der Waals surface area (Å²) in [7, 11) is 1.71. The first-order valence-corrected chi connectivity index (χ1v) is 9.21. The molecular formula is C17H30N6O. The monoisotopic (exact) mass is 334 g/mol. The second kappa shape index (κ2) is 7.61. The molecule has 0 unspecified atom stereocenters. The van der Waals surface area contributed by atoms with Crippen molar-refractivity contribution >= 4 is 5.91 Å². The quantitative estimate of drug-likeness (QED) is 0.805. The fraction of sp³-hybridized carbons (Fsp3) is 0.824. The summed E-state index contributed by atoms with van der Waals surface area (Å²) < 4.78 is 2.27. The van der Waals surface area contributed by atoms with Gasteiger partial charge < -0.3 is 15.6 Å². The molecule has 2 heterocycles. The van der Waals surface area contributed by atoms with Crippen LogP contribution in [0.15, 0.2) is 0 Å². The second-order valence-electron chi connectivity index (χ2n) is 7.24. The van der Waals surface area contributed by atoms with Crippen LogP contribution in [0, 0.1) is 5.92 Å². The molecule has 1 saturated heterocycles. The zero-order chi connectivity index (χ0) is 17.1. The number of rotatable bonds is 6. The maximum absolute atomic E-state index is 11.5.